The highest BCUT2D eigenvalue weighted by Crippen LogP contribution is 2.11. The molecule has 0 aromatic carbocycles. The number of methoxy groups -OCH3 is 1. The summed E-state index contributed by atoms with van der Waals surface area (Å²) in [5.41, 5.74) is 1.79. The number of hydrogen-bond acceptors (Lipinski definition) is 7. The summed E-state index contributed by atoms with van der Waals surface area (Å²) in [4.78, 5) is 20.0. The van der Waals surface area contributed by atoms with Crippen molar-refractivity contribution >= 4 is 11.9 Å². The van der Waals surface area contributed by atoms with Crippen molar-refractivity contribution in [2.45, 2.75) is 20.3 Å². The van der Waals surface area contributed by atoms with Crippen molar-refractivity contribution in [2.24, 2.45) is 0 Å². The van der Waals surface area contributed by atoms with Crippen LogP contribution in [0.4, 0.5) is 5.95 Å². The Morgan fingerprint density at radius 1 is 1.15 bits per heavy atom. The molecule has 110 valence electrons. The molecule has 1 aliphatic rings. The van der Waals surface area contributed by atoms with E-state index in [0.29, 0.717) is 12.4 Å². The standard InChI is InChI=1S/C13H21N5O2/c1-10-11(2)15-16-13(14-10)18-8-6-17(7-9-18)5-4-12(19)20-3/h4-9H2,1-3H3. The molecule has 7 nitrogen and oxygen atoms in total. The summed E-state index contributed by atoms with van der Waals surface area (Å²) in [7, 11) is 1.42. The molecule has 1 aromatic rings. The largest absolute Gasteiger partial charge is 0.469 e. The topological polar surface area (TPSA) is 71.5 Å². The number of carbonyl (C=O) groups excluding carboxylic acids is 1. The maximum Gasteiger partial charge on any atom is 0.306 e. The van der Waals surface area contributed by atoms with Crippen LogP contribution in [-0.4, -0.2) is 65.9 Å². The molecular weight excluding hydrogens is 258 g/mol. The van der Waals surface area contributed by atoms with E-state index in [-0.39, 0.29) is 5.97 Å². The van der Waals surface area contributed by atoms with Crippen LogP contribution in [0.5, 0.6) is 0 Å². The molecule has 1 fully saturated rings. The van der Waals surface area contributed by atoms with Gasteiger partial charge in [0, 0.05) is 32.7 Å². The van der Waals surface area contributed by atoms with E-state index in [4.69, 9.17) is 0 Å². The summed E-state index contributed by atoms with van der Waals surface area (Å²) < 4.78 is 4.65. The predicted octanol–water partition coefficient (Wildman–Crippen LogP) is 0.174. The van der Waals surface area contributed by atoms with Crippen LogP contribution < -0.4 is 4.90 Å². The number of aromatic nitrogens is 3. The first-order chi connectivity index (χ1) is 9.60. The first-order valence-electron chi connectivity index (χ1n) is 6.82. The second-order valence-electron chi connectivity index (χ2n) is 4.94. The highest BCUT2D eigenvalue weighted by molar-refractivity contribution is 5.69. The summed E-state index contributed by atoms with van der Waals surface area (Å²) >= 11 is 0. The number of esters is 1. The average Bonchev–Trinajstić information content (AvgIpc) is 2.48. The smallest absolute Gasteiger partial charge is 0.306 e. The van der Waals surface area contributed by atoms with Gasteiger partial charge < -0.3 is 9.64 Å². The van der Waals surface area contributed by atoms with E-state index in [2.05, 4.69) is 29.7 Å². The van der Waals surface area contributed by atoms with Crippen molar-refractivity contribution in [1.29, 1.82) is 0 Å². The zero-order valence-corrected chi connectivity index (χ0v) is 12.3. The third-order valence-corrected chi connectivity index (χ3v) is 3.60. The van der Waals surface area contributed by atoms with Crippen LogP contribution in [0.15, 0.2) is 0 Å². The van der Waals surface area contributed by atoms with Gasteiger partial charge in [-0.3, -0.25) is 9.69 Å². The Bertz CT molecular complexity index is 472. The van der Waals surface area contributed by atoms with Crippen LogP contribution in [-0.2, 0) is 9.53 Å². The van der Waals surface area contributed by atoms with E-state index >= 15 is 0 Å². The lowest BCUT2D eigenvalue weighted by Gasteiger charge is -2.34. The fraction of sp³-hybridized carbons (Fsp3) is 0.692. The van der Waals surface area contributed by atoms with E-state index in [1.54, 1.807) is 0 Å². The first kappa shape index (κ1) is 14.6. The van der Waals surface area contributed by atoms with Crippen molar-refractivity contribution in [3.8, 4) is 0 Å². The van der Waals surface area contributed by atoms with Gasteiger partial charge >= 0.3 is 5.97 Å². The van der Waals surface area contributed by atoms with Crippen LogP contribution in [0.25, 0.3) is 0 Å². The third kappa shape index (κ3) is 3.63. The second kappa shape index (κ2) is 6.60. The molecule has 0 radical (unpaired) electrons. The van der Waals surface area contributed by atoms with Crippen LogP contribution in [0.3, 0.4) is 0 Å². The zero-order valence-electron chi connectivity index (χ0n) is 12.3. The summed E-state index contributed by atoms with van der Waals surface area (Å²) in [5, 5.41) is 8.26. The molecule has 0 atom stereocenters. The maximum absolute atomic E-state index is 11.1. The number of piperazine rings is 1. The lowest BCUT2D eigenvalue weighted by Crippen LogP contribution is -2.47. The quantitative estimate of drug-likeness (QED) is 0.728. The minimum Gasteiger partial charge on any atom is -0.469 e. The number of carbonyl (C=O) groups is 1. The lowest BCUT2D eigenvalue weighted by atomic mass is 10.3. The van der Waals surface area contributed by atoms with Crippen molar-refractivity contribution < 1.29 is 9.53 Å². The SMILES string of the molecule is COC(=O)CCN1CCN(c2nnc(C)c(C)n2)CC1. The van der Waals surface area contributed by atoms with Crippen LogP contribution in [0, 0.1) is 13.8 Å². The molecule has 2 rings (SSSR count). The Morgan fingerprint density at radius 2 is 1.85 bits per heavy atom. The van der Waals surface area contributed by atoms with Gasteiger partial charge in [0.15, 0.2) is 0 Å². The molecule has 0 N–H and O–H groups in total. The number of nitrogens with zero attached hydrogens (tertiary/aromatic N) is 5. The average molecular weight is 279 g/mol. The molecule has 7 heteroatoms. The summed E-state index contributed by atoms with van der Waals surface area (Å²) in [6.07, 6.45) is 0.443. The van der Waals surface area contributed by atoms with E-state index in [1.807, 2.05) is 13.8 Å². The number of ether oxygens (including phenoxy) is 1. The van der Waals surface area contributed by atoms with Gasteiger partial charge in [-0.2, -0.15) is 5.10 Å². The van der Waals surface area contributed by atoms with Gasteiger partial charge in [-0.15, -0.1) is 5.10 Å². The molecular formula is C13H21N5O2. The molecule has 0 bridgehead atoms. The number of rotatable bonds is 4. The first-order valence-corrected chi connectivity index (χ1v) is 6.82. The summed E-state index contributed by atoms with van der Waals surface area (Å²) in [6.45, 7) is 8.09. The van der Waals surface area contributed by atoms with Crippen molar-refractivity contribution in [3.63, 3.8) is 0 Å². The van der Waals surface area contributed by atoms with Crippen LogP contribution in [0.1, 0.15) is 17.8 Å². The Labute approximate surface area is 118 Å². The molecule has 0 spiro atoms. The molecule has 0 amide bonds. The molecule has 0 saturated carbocycles. The van der Waals surface area contributed by atoms with Gasteiger partial charge in [0.05, 0.1) is 24.9 Å². The van der Waals surface area contributed by atoms with E-state index < -0.39 is 0 Å². The van der Waals surface area contributed by atoms with Crippen LogP contribution in [0.2, 0.25) is 0 Å². The lowest BCUT2D eigenvalue weighted by molar-refractivity contribution is -0.141. The molecule has 1 aromatic heterocycles. The van der Waals surface area contributed by atoms with Crippen molar-refractivity contribution in [3.05, 3.63) is 11.4 Å². The normalized spacial score (nSPS) is 16.2. The number of anilines is 1. The molecule has 1 saturated heterocycles. The minimum absolute atomic E-state index is 0.158. The monoisotopic (exact) mass is 279 g/mol. The van der Waals surface area contributed by atoms with Gasteiger partial charge in [-0.25, -0.2) is 4.98 Å². The van der Waals surface area contributed by atoms with Gasteiger partial charge in [-0.1, -0.05) is 0 Å². The third-order valence-electron chi connectivity index (χ3n) is 3.60. The highest BCUT2D eigenvalue weighted by atomic mass is 16.5. The van der Waals surface area contributed by atoms with E-state index in [0.717, 1.165) is 44.1 Å². The van der Waals surface area contributed by atoms with Crippen LogP contribution >= 0.6 is 0 Å². The molecule has 2 heterocycles. The Balaban J connectivity index is 1.84. The van der Waals surface area contributed by atoms with Crippen molar-refractivity contribution in [2.75, 3.05) is 44.7 Å². The van der Waals surface area contributed by atoms with Gasteiger partial charge in [0.25, 0.3) is 0 Å². The number of hydrogen-bond donors (Lipinski definition) is 0. The fourth-order valence-corrected chi connectivity index (χ4v) is 2.10. The molecule has 1 aliphatic heterocycles. The minimum atomic E-state index is -0.158. The fourth-order valence-electron chi connectivity index (χ4n) is 2.10. The zero-order chi connectivity index (χ0) is 14.5. The summed E-state index contributed by atoms with van der Waals surface area (Å²) in [6, 6.07) is 0. The van der Waals surface area contributed by atoms with Gasteiger partial charge in [0.2, 0.25) is 5.95 Å². The second-order valence-corrected chi connectivity index (χ2v) is 4.94. The Hall–Kier alpha value is -1.76. The van der Waals surface area contributed by atoms with E-state index in [1.165, 1.54) is 7.11 Å². The molecule has 20 heavy (non-hydrogen) atoms. The highest BCUT2D eigenvalue weighted by Gasteiger charge is 2.20. The Morgan fingerprint density at radius 3 is 2.45 bits per heavy atom. The predicted molar refractivity (Wildman–Crippen MR) is 74.6 cm³/mol. The Kier molecular flexibility index (Phi) is 4.84. The van der Waals surface area contributed by atoms with Crippen molar-refractivity contribution in [1.82, 2.24) is 20.1 Å². The van der Waals surface area contributed by atoms with Gasteiger partial charge in [0.1, 0.15) is 0 Å². The summed E-state index contributed by atoms with van der Waals surface area (Å²) in [5.74, 6) is 0.537. The molecule has 0 aliphatic carbocycles. The number of aryl methyl sites for hydroxylation is 2. The maximum atomic E-state index is 11.1. The van der Waals surface area contributed by atoms with Gasteiger partial charge in [-0.05, 0) is 13.8 Å². The van der Waals surface area contributed by atoms with E-state index in [9.17, 15) is 4.79 Å². The molecule has 0 unspecified atom stereocenters.